The Morgan fingerprint density at radius 2 is 1.92 bits per heavy atom. The fraction of sp³-hybridized carbons (Fsp3) is 0.312. The standard InChI is InChI=1S/C16H20N2O4S2/c1-18(2)14(15-5-4-10-23-15)11-17-24(20,21)13-8-6-12(7-9-13)16(19)22-3/h4-10,14,17H,11H2,1-3H3. The summed E-state index contributed by atoms with van der Waals surface area (Å²) >= 11 is 1.59. The number of thiophene rings is 1. The molecule has 8 heteroatoms. The number of benzene rings is 1. The van der Waals surface area contributed by atoms with Crippen molar-refractivity contribution in [1.82, 2.24) is 9.62 Å². The van der Waals surface area contributed by atoms with E-state index in [1.54, 1.807) is 11.3 Å². The Hall–Kier alpha value is -1.74. The molecule has 24 heavy (non-hydrogen) atoms. The first-order chi connectivity index (χ1) is 11.3. The zero-order chi connectivity index (χ0) is 17.7. The Morgan fingerprint density at radius 3 is 2.42 bits per heavy atom. The number of nitrogens with one attached hydrogen (secondary N) is 1. The van der Waals surface area contributed by atoms with E-state index < -0.39 is 16.0 Å². The van der Waals surface area contributed by atoms with Crippen LogP contribution < -0.4 is 4.72 Å². The summed E-state index contributed by atoms with van der Waals surface area (Å²) in [5.41, 5.74) is 0.307. The highest BCUT2D eigenvalue weighted by atomic mass is 32.2. The van der Waals surface area contributed by atoms with Gasteiger partial charge in [0, 0.05) is 11.4 Å². The maximum atomic E-state index is 12.4. The number of carbonyl (C=O) groups is 1. The molecule has 0 radical (unpaired) electrons. The summed E-state index contributed by atoms with van der Waals surface area (Å²) in [5.74, 6) is -0.503. The lowest BCUT2D eigenvalue weighted by Crippen LogP contribution is -2.34. The van der Waals surface area contributed by atoms with Gasteiger partial charge in [0.15, 0.2) is 0 Å². The average molecular weight is 368 g/mol. The minimum Gasteiger partial charge on any atom is -0.465 e. The second-order valence-electron chi connectivity index (χ2n) is 5.36. The summed E-state index contributed by atoms with van der Waals surface area (Å²) in [4.78, 5) is 14.6. The number of sulfonamides is 1. The molecule has 0 saturated carbocycles. The molecule has 1 aromatic carbocycles. The van der Waals surface area contributed by atoms with Gasteiger partial charge in [-0.3, -0.25) is 0 Å². The number of carbonyl (C=O) groups excluding carboxylic acids is 1. The first kappa shape index (κ1) is 18.6. The number of methoxy groups -OCH3 is 1. The van der Waals surface area contributed by atoms with E-state index in [9.17, 15) is 13.2 Å². The third-order valence-electron chi connectivity index (χ3n) is 3.55. The van der Waals surface area contributed by atoms with Gasteiger partial charge < -0.3 is 9.64 Å². The fourth-order valence-electron chi connectivity index (χ4n) is 2.18. The van der Waals surface area contributed by atoms with Gasteiger partial charge in [-0.15, -0.1) is 11.3 Å². The van der Waals surface area contributed by atoms with Gasteiger partial charge in [0.05, 0.1) is 23.6 Å². The molecule has 1 N–H and O–H groups in total. The summed E-state index contributed by atoms with van der Waals surface area (Å²) < 4.78 is 32.1. The first-order valence-electron chi connectivity index (χ1n) is 7.23. The molecule has 0 bridgehead atoms. The van der Waals surface area contributed by atoms with Crippen molar-refractivity contribution in [2.45, 2.75) is 10.9 Å². The Bertz CT molecular complexity index is 769. The summed E-state index contributed by atoms with van der Waals surface area (Å²) in [6.45, 7) is 0.259. The Morgan fingerprint density at radius 1 is 1.25 bits per heavy atom. The van der Waals surface area contributed by atoms with Crippen LogP contribution in [0.15, 0.2) is 46.7 Å². The molecule has 0 fully saturated rings. The molecule has 6 nitrogen and oxygen atoms in total. The van der Waals surface area contributed by atoms with E-state index in [0.29, 0.717) is 5.56 Å². The van der Waals surface area contributed by atoms with Crippen LogP contribution in [-0.2, 0) is 14.8 Å². The number of ether oxygens (including phenoxy) is 1. The van der Waals surface area contributed by atoms with Crippen LogP contribution in [0.3, 0.4) is 0 Å². The minimum absolute atomic E-state index is 0.0471. The smallest absolute Gasteiger partial charge is 0.337 e. The van der Waals surface area contributed by atoms with Gasteiger partial charge in [0.1, 0.15) is 0 Å². The number of esters is 1. The number of rotatable bonds is 7. The zero-order valence-corrected chi connectivity index (χ0v) is 15.4. The average Bonchev–Trinajstić information content (AvgIpc) is 3.08. The van der Waals surface area contributed by atoms with E-state index >= 15 is 0 Å². The van der Waals surface area contributed by atoms with Crippen molar-refractivity contribution in [2.24, 2.45) is 0 Å². The molecule has 0 aliphatic heterocycles. The van der Waals surface area contributed by atoms with E-state index in [0.717, 1.165) is 4.88 Å². The van der Waals surface area contributed by atoms with Crippen molar-refractivity contribution in [3.8, 4) is 0 Å². The van der Waals surface area contributed by atoms with E-state index in [4.69, 9.17) is 0 Å². The molecule has 0 spiro atoms. The van der Waals surface area contributed by atoms with Crippen molar-refractivity contribution in [3.63, 3.8) is 0 Å². The maximum Gasteiger partial charge on any atom is 0.337 e. The van der Waals surface area contributed by atoms with Crippen LogP contribution in [0.2, 0.25) is 0 Å². The molecule has 1 unspecified atom stereocenters. The molecule has 0 aliphatic rings. The molecule has 0 saturated heterocycles. The van der Waals surface area contributed by atoms with Crippen LogP contribution in [0.25, 0.3) is 0 Å². The van der Waals surface area contributed by atoms with Crippen molar-refractivity contribution in [2.75, 3.05) is 27.7 Å². The molecule has 2 rings (SSSR count). The predicted octanol–water partition coefficient (Wildman–Crippen LogP) is 2.12. The normalized spacial score (nSPS) is 13.0. The topological polar surface area (TPSA) is 75.7 Å². The van der Waals surface area contributed by atoms with Gasteiger partial charge in [0.25, 0.3) is 0 Å². The van der Waals surface area contributed by atoms with Crippen LogP contribution in [0.1, 0.15) is 21.3 Å². The number of nitrogens with zero attached hydrogens (tertiary/aromatic N) is 1. The van der Waals surface area contributed by atoms with Gasteiger partial charge in [-0.2, -0.15) is 0 Å². The van der Waals surface area contributed by atoms with Crippen LogP contribution in [0.5, 0.6) is 0 Å². The Kier molecular flexibility index (Phi) is 6.11. The quantitative estimate of drug-likeness (QED) is 0.758. The van der Waals surface area contributed by atoms with Gasteiger partial charge >= 0.3 is 5.97 Å². The molecule has 1 aromatic heterocycles. The Balaban J connectivity index is 2.11. The highest BCUT2D eigenvalue weighted by Gasteiger charge is 2.20. The molecule has 1 atom stereocenters. The highest BCUT2D eigenvalue weighted by molar-refractivity contribution is 7.89. The molecule has 1 heterocycles. The van der Waals surface area contributed by atoms with Crippen molar-refractivity contribution in [3.05, 3.63) is 52.2 Å². The SMILES string of the molecule is COC(=O)c1ccc(S(=O)(=O)NCC(c2cccs2)N(C)C)cc1. The number of hydrogen-bond acceptors (Lipinski definition) is 6. The van der Waals surface area contributed by atoms with Gasteiger partial charge in [0.2, 0.25) is 10.0 Å². The van der Waals surface area contributed by atoms with Crippen LogP contribution in [0.4, 0.5) is 0 Å². The lowest BCUT2D eigenvalue weighted by atomic mass is 10.2. The summed E-state index contributed by atoms with van der Waals surface area (Å²) in [6.07, 6.45) is 0. The third-order valence-corrected chi connectivity index (χ3v) is 5.96. The van der Waals surface area contributed by atoms with Gasteiger partial charge in [-0.25, -0.2) is 17.9 Å². The van der Waals surface area contributed by atoms with Crippen molar-refractivity contribution in [1.29, 1.82) is 0 Å². The number of hydrogen-bond donors (Lipinski definition) is 1. The lowest BCUT2D eigenvalue weighted by Gasteiger charge is -2.23. The van der Waals surface area contributed by atoms with E-state index in [1.807, 2.05) is 36.5 Å². The van der Waals surface area contributed by atoms with E-state index in [1.165, 1.54) is 31.4 Å². The van der Waals surface area contributed by atoms with Gasteiger partial charge in [-0.1, -0.05) is 6.07 Å². The monoisotopic (exact) mass is 368 g/mol. The predicted molar refractivity (Wildman–Crippen MR) is 93.7 cm³/mol. The highest BCUT2D eigenvalue weighted by Crippen LogP contribution is 2.23. The molecule has 2 aromatic rings. The largest absolute Gasteiger partial charge is 0.465 e. The molecular weight excluding hydrogens is 348 g/mol. The maximum absolute atomic E-state index is 12.4. The van der Waals surface area contributed by atoms with Gasteiger partial charge in [-0.05, 0) is 49.8 Å². The summed E-state index contributed by atoms with van der Waals surface area (Å²) in [5, 5.41) is 1.96. The van der Waals surface area contributed by atoms with Crippen molar-refractivity contribution < 1.29 is 17.9 Å². The third kappa shape index (κ3) is 4.41. The molecule has 0 aliphatic carbocycles. The second-order valence-corrected chi connectivity index (χ2v) is 8.11. The summed E-state index contributed by atoms with van der Waals surface area (Å²) in [6, 6.07) is 9.53. The van der Waals surface area contributed by atoms with Crippen LogP contribution >= 0.6 is 11.3 Å². The van der Waals surface area contributed by atoms with Crippen LogP contribution in [-0.4, -0.2) is 47.0 Å². The van der Waals surface area contributed by atoms with E-state index in [2.05, 4.69) is 9.46 Å². The van der Waals surface area contributed by atoms with Crippen LogP contribution in [0, 0.1) is 0 Å². The molecule has 130 valence electrons. The Labute approximate surface area is 146 Å². The fourth-order valence-corrected chi connectivity index (χ4v) is 4.14. The minimum atomic E-state index is -3.65. The molecule has 0 amide bonds. The van der Waals surface area contributed by atoms with Crippen molar-refractivity contribution >= 4 is 27.3 Å². The lowest BCUT2D eigenvalue weighted by molar-refractivity contribution is 0.0600. The zero-order valence-electron chi connectivity index (χ0n) is 13.7. The molecular formula is C16H20N2O4S2. The second kappa shape index (κ2) is 7.89. The summed E-state index contributed by atoms with van der Waals surface area (Å²) in [7, 11) is 1.44. The first-order valence-corrected chi connectivity index (χ1v) is 9.59. The number of likely N-dealkylation sites (N-methyl/N-ethyl adjacent to an activating group) is 1. The van der Waals surface area contributed by atoms with E-state index in [-0.39, 0.29) is 17.5 Å².